The lowest BCUT2D eigenvalue weighted by Crippen LogP contribution is -2.10. The van der Waals surface area contributed by atoms with Crippen molar-refractivity contribution in [2.75, 3.05) is 11.9 Å². The Morgan fingerprint density at radius 1 is 1.53 bits per heavy atom. The van der Waals surface area contributed by atoms with Crippen LogP contribution in [0.1, 0.15) is 37.4 Å². The van der Waals surface area contributed by atoms with E-state index in [1.165, 1.54) is 0 Å². The first kappa shape index (κ1) is 15.0. The molecule has 0 bridgehead atoms. The summed E-state index contributed by atoms with van der Waals surface area (Å²) in [5, 5.41) is 20.7. The summed E-state index contributed by atoms with van der Waals surface area (Å²) in [7, 11) is 0. The lowest BCUT2D eigenvalue weighted by molar-refractivity contribution is -0.137. The maximum Gasteiger partial charge on any atom is 0.303 e. The van der Waals surface area contributed by atoms with Crippen molar-refractivity contribution >= 4 is 11.8 Å². The molecule has 0 saturated heterocycles. The molecule has 0 aromatic carbocycles. The van der Waals surface area contributed by atoms with E-state index in [9.17, 15) is 4.79 Å². The second kappa shape index (κ2) is 7.37. The summed E-state index contributed by atoms with van der Waals surface area (Å²) < 4.78 is 0. The van der Waals surface area contributed by atoms with Gasteiger partial charge in [-0.1, -0.05) is 6.92 Å². The fourth-order valence-electron chi connectivity index (χ4n) is 1.73. The SMILES string of the molecule is Cc1ccc(C#N)c(NCCC(C)CCC(=O)O)n1. The average molecular weight is 261 g/mol. The molecular weight excluding hydrogens is 242 g/mol. The van der Waals surface area contributed by atoms with Crippen molar-refractivity contribution in [3.63, 3.8) is 0 Å². The number of aromatic nitrogens is 1. The monoisotopic (exact) mass is 261 g/mol. The Bertz CT molecular complexity index is 480. The molecule has 5 nitrogen and oxygen atoms in total. The number of hydrogen-bond acceptors (Lipinski definition) is 4. The van der Waals surface area contributed by atoms with Gasteiger partial charge in [0.15, 0.2) is 0 Å². The number of hydrogen-bond donors (Lipinski definition) is 2. The van der Waals surface area contributed by atoms with Crippen LogP contribution < -0.4 is 5.32 Å². The lowest BCUT2D eigenvalue weighted by Gasteiger charge is -2.12. The molecule has 0 saturated carbocycles. The third-order valence-electron chi connectivity index (χ3n) is 2.94. The van der Waals surface area contributed by atoms with Crippen LogP contribution in [0.2, 0.25) is 0 Å². The third-order valence-corrected chi connectivity index (χ3v) is 2.94. The van der Waals surface area contributed by atoms with Gasteiger partial charge in [0.05, 0.1) is 5.56 Å². The number of aliphatic carboxylic acids is 1. The van der Waals surface area contributed by atoms with E-state index in [-0.39, 0.29) is 6.42 Å². The van der Waals surface area contributed by atoms with Gasteiger partial charge in [-0.3, -0.25) is 4.79 Å². The summed E-state index contributed by atoms with van der Waals surface area (Å²) in [6.07, 6.45) is 1.73. The number of carboxylic acids is 1. The van der Waals surface area contributed by atoms with Gasteiger partial charge in [0.2, 0.25) is 0 Å². The molecule has 19 heavy (non-hydrogen) atoms. The fourth-order valence-corrected chi connectivity index (χ4v) is 1.73. The molecule has 1 unspecified atom stereocenters. The molecule has 1 heterocycles. The first-order valence-electron chi connectivity index (χ1n) is 6.36. The highest BCUT2D eigenvalue weighted by atomic mass is 16.4. The van der Waals surface area contributed by atoms with E-state index >= 15 is 0 Å². The molecule has 102 valence electrons. The van der Waals surface area contributed by atoms with E-state index in [1.807, 2.05) is 13.8 Å². The molecule has 0 fully saturated rings. The molecule has 1 rings (SSSR count). The predicted molar refractivity (Wildman–Crippen MR) is 72.8 cm³/mol. The van der Waals surface area contributed by atoms with Crippen LogP contribution in [0.25, 0.3) is 0 Å². The first-order valence-corrected chi connectivity index (χ1v) is 6.36. The minimum atomic E-state index is -0.757. The van der Waals surface area contributed by atoms with Crippen LogP contribution in [0.15, 0.2) is 12.1 Å². The summed E-state index contributed by atoms with van der Waals surface area (Å²) in [6, 6.07) is 5.65. The largest absolute Gasteiger partial charge is 0.481 e. The molecule has 0 aliphatic heterocycles. The van der Waals surface area contributed by atoms with Crippen molar-refractivity contribution in [2.45, 2.75) is 33.1 Å². The topological polar surface area (TPSA) is 86.0 Å². The van der Waals surface area contributed by atoms with Gasteiger partial charge in [0.25, 0.3) is 0 Å². The number of pyridine rings is 1. The molecule has 0 spiro atoms. The fraction of sp³-hybridized carbons (Fsp3) is 0.500. The van der Waals surface area contributed by atoms with E-state index < -0.39 is 5.97 Å². The number of nitriles is 1. The summed E-state index contributed by atoms with van der Waals surface area (Å²) >= 11 is 0. The molecule has 1 aromatic rings. The highest BCUT2D eigenvalue weighted by molar-refractivity contribution is 5.66. The van der Waals surface area contributed by atoms with E-state index in [0.29, 0.717) is 30.3 Å². The van der Waals surface area contributed by atoms with Crippen LogP contribution in [-0.4, -0.2) is 22.6 Å². The Morgan fingerprint density at radius 3 is 2.89 bits per heavy atom. The number of aryl methyl sites for hydroxylation is 1. The molecule has 0 aliphatic carbocycles. The van der Waals surface area contributed by atoms with Crippen LogP contribution in [0, 0.1) is 24.2 Å². The summed E-state index contributed by atoms with van der Waals surface area (Å²) in [5.74, 6) is 0.179. The van der Waals surface area contributed by atoms with Crippen molar-refractivity contribution in [3.05, 3.63) is 23.4 Å². The Hall–Kier alpha value is -2.09. The molecule has 1 aromatic heterocycles. The number of nitrogens with zero attached hydrogens (tertiary/aromatic N) is 2. The lowest BCUT2D eigenvalue weighted by atomic mass is 10.0. The zero-order chi connectivity index (χ0) is 14.3. The van der Waals surface area contributed by atoms with Gasteiger partial charge < -0.3 is 10.4 Å². The van der Waals surface area contributed by atoms with Crippen molar-refractivity contribution in [1.82, 2.24) is 4.98 Å². The average Bonchev–Trinajstić information content (AvgIpc) is 2.36. The highest BCUT2D eigenvalue weighted by Crippen LogP contribution is 2.14. The van der Waals surface area contributed by atoms with Gasteiger partial charge >= 0.3 is 5.97 Å². The van der Waals surface area contributed by atoms with Crippen LogP contribution in [0.5, 0.6) is 0 Å². The van der Waals surface area contributed by atoms with E-state index in [2.05, 4.69) is 16.4 Å². The zero-order valence-electron chi connectivity index (χ0n) is 11.3. The Labute approximate surface area is 113 Å². The number of rotatable bonds is 7. The van der Waals surface area contributed by atoms with Crippen LogP contribution in [-0.2, 0) is 4.79 Å². The van der Waals surface area contributed by atoms with Crippen molar-refractivity contribution in [3.8, 4) is 6.07 Å². The second-order valence-electron chi connectivity index (χ2n) is 4.71. The smallest absolute Gasteiger partial charge is 0.303 e. The van der Waals surface area contributed by atoms with Gasteiger partial charge in [-0.05, 0) is 37.8 Å². The summed E-state index contributed by atoms with van der Waals surface area (Å²) in [4.78, 5) is 14.7. The Balaban J connectivity index is 2.43. The van der Waals surface area contributed by atoms with Gasteiger partial charge in [-0.25, -0.2) is 4.98 Å². The normalized spacial score (nSPS) is 11.6. The molecular formula is C14H19N3O2. The van der Waals surface area contributed by atoms with E-state index in [4.69, 9.17) is 10.4 Å². The first-order chi connectivity index (χ1) is 9.02. The highest BCUT2D eigenvalue weighted by Gasteiger charge is 2.07. The zero-order valence-corrected chi connectivity index (χ0v) is 11.3. The molecule has 1 atom stereocenters. The van der Waals surface area contributed by atoms with Crippen molar-refractivity contribution < 1.29 is 9.90 Å². The van der Waals surface area contributed by atoms with Gasteiger partial charge in [0.1, 0.15) is 11.9 Å². The number of carboxylic acid groups (broad SMARTS) is 1. The minimum absolute atomic E-state index is 0.202. The summed E-state index contributed by atoms with van der Waals surface area (Å²) in [6.45, 7) is 4.59. The van der Waals surface area contributed by atoms with Crippen LogP contribution in [0.3, 0.4) is 0 Å². The maximum absolute atomic E-state index is 10.5. The van der Waals surface area contributed by atoms with Crippen molar-refractivity contribution in [2.24, 2.45) is 5.92 Å². The standard InChI is InChI=1S/C14H19N3O2/c1-10(3-6-13(18)19)7-8-16-14-12(9-15)5-4-11(2)17-14/h4-5,10H,3,6-8H2,1-2H3,(H,16,17)(H,18,19). The van der Waals surface area contributed by atoms with Gasteiger partial charge in [-0.2, -0.15) is 5.26 Å². The van der Waals surface area contributed by atoms with Crippen molar-refractivity contribution in [1.29, 1.82) is 5.26 Å². The molecule has 0 amide bonds. The van der Waals surface area contributed by atoms with Crippen LogP contribution >= 0.6 is 0 Å². The van der Waals surface area contributed by atoms with Gasteiger partial charge in [-0.15, -0.1) is 0 Å². The minimum Gasteiger partial charge on any atom is -0.481 e. The quantitative estimate of drug-likeness (QED) is 0.787. The predicted octanol–water partition coefficient (Wildman–Crippen LogP) is 2.56. The maximum atomic E-state index is 10.5. The number of nitrogens with one attached hydrogen (secondary N) is 1. The Kier molecular flexibility index (Phi) is 5.80. The summed E-state index contributed by atoms with van der Waals surface area (Å²) in [5.41, 5.74) is 1.39. The molecule has 0 aliphatic rings. The van der Waals surface area contributed by atoms with Crippen LogP contribution in [0.4, 0.5) is 5.82 Å². The van der Waals surface area contributed by atoms with E-state index in [1.54, 1.807) is 12.1 Å². The van der Waals surface area contributed by atoms with E-state index in [0.717, 1.165) is 12.1 Å². The number of anilines is 1. The molecule has 0 radical (unpaired) electrons. The molecule has 5 heteroatoms. The number of carbonyl (C=O) groups is 1. The third kappa shape index (κ3) is 5.38. The second-order valence-corrected chi connectivity index (χ2v) is 4.71. The molecule has 2 N–H and O–H groups in total. The Morgan fingerprint density at radius 2 is 2.26 bits per heavy atom. The van der Waals surface area contributed by atoms with Gasteiger partial charge in [0, 0.05) is 18.7 Å².